The van der Waals surface area contributed by atoms with E-state index in [1.165, 1.54) is 0 Å². The van der Waals surface area contributed by atoms with Gasteiger partial charge in [0.15, 0.2) is 11.5 Å². The van der Waals surface area contributed by atoms with Crippen LogP contribution >= 0.6 is 0 Å². The lowest BCUT2D eigenvalue weighted by Crippen LogP contribution is -2.48. The lowest BCUT2D eigenvalue weighted by molar-refractivity contribution is -0.131. The van der Waals surface area contributed by atoms with Gasteiger partial charge in [0.05, 0.1) is 0 Å². The van der Waals surface area contributed by atoms with Crippen molar-refractivity contribution < 1.29 is 19.1 Å². The third kappa shape index (κ3) is 4.17. The second kappa shape index (κ2) is 7.53. The van der Waals surface area contributed by atoms with E-state index in [1.54, 1.807) is 6.92 Å². The number of nitrogens with one attached hydrogen (secondary N) is 1. The Hall–Kier alpha value is -2.28. The minimum absolute atomic E-state index is 0.0293. The molecule has 1 N–H and O–H groups in total. The molecule has 130 valence electrons. The Morgan fingerprint density at radius 3 is 2.62 bits per heavy atom. The number of rotatable bonds is 5. The Kier molecular flexibility index (Phi) is 5.20. The van der Waals surface area contributed by atoms with Crippen molar-refractivity contribution >= 4 is 11.8 Å². The van der Waals surface area contributed by atoms with Gasteiger partial charge in [-0.1, -0.05) is 6.07 Å². The molecule has 1 aromatic rings. The van der Waals surface area contributed by atoms with E-state index in [0.29, 0.717) is 13.0 Å². The maximum atomic E-state index is 12.0. The summed E-state index contributed by atoms with van der Waals surface area (Å²) in [6.45, 7) is 6.19. The molecular formula is C17H23N3O4. The molecule has 2 amide bonds. The largest absolute Gasteiger partial charge is 0.454 e. The Balaban J connectivity index is 1.37. The molecule has 7 nitrogen and oxygen atoms in total. The first-order valence-electron chi connectivity index (χ1n) is 8.25. The van der Waals surface area contributed by atoms with Crippen molar-refractivity contribution in [3.05, 3.63) is 23.8 Å². The number of hydrogen-bond donors (Lipinski definition) is 1. The molecule has 0 bridgehead atoms. The van der Waals surface area contributed by atoms with Gasteiger partial charge in [-0.05, 0) is 17.7 Å². The third-order valence-electron chi connectivity index (χ3n) is 4.40. The Morgan fingerprint density at radius 1 is 1.12 bits per heavy atom. The zero-order valence-electron chi connectivity index (χ0n) is 13.9. The fraction of sp³-hybridized carbons (Fsp3) is 0.529. The highest BCUT2D eigenvalue weighted by molar-refractivity contribution is 5.76. The zero-order valence-corrected chi connectivity index (χ0v) is 13.9. The average molecular weight is 333 g/mol. The second-order valence-corrected chi connectivity index (χ2v) is 6.06. The molecule has 0 atom stereocenters. The summed E-state index contributed by atoms with van der Waals surface area (Å²) in [5.74, 6) is 1.62. The van der Waals surface area contributed by atoms with Crippen LogP contribution in [0.4, 0.5) is 0 Å². The average Bonchev–Trinajstić information content (AvgIpc) is 3.06. The number of fused-ring (bicyclic) bond motifs is 1. The van der Waals surface area contributed by atoms with Gasteiger partial charge in [0.25, 0.3) is 0 Å². The summed E-state index contributed by atoms with van der Waals surface area (Å²) in [6.07, 6.45) is 0.463. The number of hydrogen-bond acceptors (Lipinski definition) is 5. The minimum Gasteiger partial charge on any atom is -0.454 e. The van der Waals surface area contributed by atoms with E-state index >= 15 is 0 Å². The molecule has 0 aromatic heterocycles. The zero-order chi connectivity index (χ0) is 16.9. The predicted molar refractivity (Wildman–Crippen MR) is 87.7 cm³/mol. The standard InChI is InChI=1S/C17H23N3O4/c1-13(21)20-8-6-19(7-9-20)5-4-17(22)18-11-14-2-3-15-16(10-14)24-12-23-15/h2-3,10H,4-9,11-12H2,1H3,(H,18,22). The Labute approximate surface area is 141 Å². The summed E-state index contributed by atoms with van der Waals surface area (Å²) >= 11 is 0. The van der Waals surface area contributed by atoms with Crippen molar-refractivity contribution in [2.45, 2.75) is 19.9 Å². The molecule has 2 aliphatic heterocycles. The number of nitrogens with zero attached hydrogens (tertiary/aromatic N) is 2. The molecule has 7 heteroatoms. The van der Waals surface area contributed by atoms with Crippen molar-refractivity contribution in [1.29, 1.82) is 0 Å². The summed E-state index contributed by atoms with van der Waals surface area (Å²) < 4.78 is 10.6. The number of carbonyl (C=O) groups excluding carboxylic acids is 2. The van der Waals surface area contributed by atoms with Crippen LogP contribution in [-0.4, -0.2) is 61.1 Å². The smallest absolute Gasteiger partial charge is 0.231 e. The van der Waals surface area contributed by atoms with Crippen LogP contribution < -0.4 is 14.8 Å². The van der Waals surface area contributed by atoms with E-state index in [4.69, 9.17) is 9.47 Å². The molecule has 1 fully saturated rings. The first-order chi connectivity index (χ1) is 11.6. The van der Waals surface area contributed by atoms with Gasteiger partial charge in [0.2, 0.25) is 18.6 Å². The highest BCUT2D eigenvalue weighted by Crippen LogP contribution is 2.32. The topological polar surface area (TPSA) is 71.1 Å². The SMILES string of the molecule is CC(=O)N1CCN(CCC(=O)NCc2ccc3c(c2)OCO3)CC1. The van der Waals surface area contributed by atoms with Crippen molar-refractivity contribution in [3.8, 4) is 11.5 Å². The second-order valence-electron chi connectivity index (χ2n) is 6.06. The monoisotopic (exact) mass is 333 g/mol. The number of benzene rings is 1. The minimum atomic E-state index is 0.0293. The molecule has 1 aromatic carbocycles. The number of amides is 2. The van der Waals surface area contributed by atoms with Gasteiger partial charge in [-0.3, -0.25) is 14.5 Å². The summed E-state index contributed by atoms with van der Waals surface area (Å²) in [4.78, 5) is 27.4. The first kappa shape index (κ1) is 16.6. The Morgan fingerprint density at radius 2 is 1.88 bits per heavy atom. The summed E-state index contributed by atoms with van der Waals surface area (Å²) in [6, 6.07) is 5.68. The number of ether oxygens (including phenoxy) is 2. The highest BCUT2D eigenvalue weighted by Gasteiger charge is 2.19. The van der Waals surface area contributed by atoms with Gasteiger partial charge in [0, 0.05) is 52.6 Å². The molecule has 0 radical (unpaired) electrons. The molecule has 1 saturated heterocycles. The van der Waals surface area contributed by atoms with Crippen LogP contribution in [0.15, 0.2) is 18.2 Å². The maximum absolute atomic E-state index is 12.0. The molecule has 0 spiro atoms. The molecule has 3 rings (SSSR count). The van der Waals surface area contributed by atoms with E-state index < -0.39 is 0 Å². The van der Waals surface area contributed by atoms with E-state index in [1.807, 2.05) is 23.1 Å². The molecular weight excluding hydrogens is 310 g/mol. The lowest BCUT2D eigenvalue weighted by atomic mass is 10.2. The lowest BCUT2D eigenvalue weighted by Gasteiger charge is -2.34. The highest BCUT2D eigenvalue weighted by atomic mass is 16.7. The predicted octanol–water partition coefficient (Wildman–Crippen LogP) is 0.586. The van der Waals surface area contributed by atoms with Crippen LogP contribution in [0.2, 0.25) is 0 Å². The summed E-state index contributed by atoms with van der Waals surface area (Å²) in [7, 11) is 0. The van der Waals surface area contributed by atoms with Crippen molar-refractivity contribution in [2.24, 2.45) is 0 Å². The molecule has 24 heavy (non-hydrogen) atoms. The van der Waals surface area contributed by atoms with Gasteiger partial charge in [-0.15, -0.1) is 0 Å². The van der Waals surface area contributed by atoms with Crippen molar-refractivity contribution in [3.63, 3.8) is 0 Å². The van der Waals surface area contributed by atoms with Gasteiger partial charge in [-0.2, -0.15) is 0 Å². The van der Waals surface area contributed by atoms with Crippen LogP contribution in [0.3, 0.4) is 0 Å². The van der Waals surface area contributed by atoms with Crippen molar-refractivity contribution in [2.75, 3.05) is 39.5 Å². The fourth-order valence-corrected chi connectivity index (χ4v) is 2.89. The van der Waals surface area contributed by atoms with E-state index in [-0.39, 0.29) is 18.6 Å². The van der Waals surface area contributed by atoms with Gasteiger partial charge in [-0.25, -0.2) is 0 Å². The van der Waals surface area contributed by atoms with Gasteiger partial charge < -0.3 is 19.7 Å². The van der Waals surface area contributed by atoms with Crippen LogP contribution in [0, 0.1) is 0 Å². The van der Waals surface area contributed by atoms with Crippen LogP contribution in [0.1, 0.15) is 18.9 Å². The maximum Gasteiger partial charge on any atom is 0.231 e. The van der Waals surface area contributed by atoms with Gasteiger partial charge in [0.1, 0.15) is 0 Å². The third-order valence-corrected chi connectivity index (χ3v) is 4.40. The van der Waals surface area contributed by atoms with E-state index in [0.717, 1.165) is 49.8 Å². The number of piperazine rings is 1. The van der Waals surface area contributed by atoms with E-state index in [2.05, 4.69) is 10.2 Å². The van der Waals surface area contributed by atoms with Crippen LogP contribution in [0.5, 0.6) is 11.5 Å². The van der Waals surface area contributed by atoms with E-state index in [9.17, 15) is 9.59 Å². The molecule has 2 aliphatic rings. The van der Waals surface area contributed by atoms with Crippen molar-refractivity contribution in [1.82, 2.24) is 15.1 Å². The van der Waals surface area contributed by atoms with Crippen LogP contribution in [0.25, 0.3) is 0 Å². The van der Waals surface area contributed by atoms with Gasteiger partial charge >= 0.3 is 0 Å². The normalized spacial score (nSPS) is 17.0. The Bertz CT molecular complexity index is 612. The summed E-state index contributed by atoms with van der Waals surface area (Å²) in [5.41, 5.74) is 0.989. The molecule has 0 saturated carbocycles. The molecule has 0 aliphatic carbocycles. The quantitative estimate of drug-likeness (QED) is 0.854. The molecule has 2 heterocycles. The fourth-order valence-electron chi connectivity index (χ4n) is 2.89. The number of carbonyl (C=O) groups is 2. The van der Waals surface area contributed by atoms with Crippen LogP contribution in [-0.2, 0) is 16.1 Å². The molecule has 0 unspecified atom stereocenters. The summed E-state index contributed by atoms with van der Waals surface area (Å²) in [5, 5.41) is 2.93. The first-order valence-corrected chi connectivity index (χ1v) is 8.25.